The third-order valence-corrected chi connectivity index (χ3v) is 2.52. The minimum Gasteiger partial charge on any atom is -0.361 e. The standard InChI is InChI=1S/C10H16N4O.HI/c1-6-4-11-10(13-6)12-5-9-7(2)14-15-8(9)3;/h6H,4-5H2,1-3H3,(H2,11,12,13);1H. The molecule has 0 bridgehead atoms. The van der Waals surface area contributed by atoms with E-state index >= 15 is 0 Å². The molecule has 90 valence electrons. The van der Waals surface area contributed by atoms with Crippen LogP contribution >= 0.6 is 24.0 Å². The zero-order chi connectivity index (χ0) is 10.8. The molecule has 6 heteroatoms. The first-order valence-corrected chi connectivity index (χ1v) is 5.13. The molecule has 1 aromatic rings. The van der Waals surface area contributed by atoms with Crippen LogP contribution < -0.4 is 10.6 Å². The van der Waals surface area contributed by atoms with E-state index in [2.05, 4.69) is 27.7 Å². The van der Waals surface area contributed by atoms with Gasteiger partial charge in [-0.25, -0.2) is 0 Å². The monoisotopic (exact) mass is 336 g/mol. The van der Waals surface area contributed by atoms with Gasteiger partial charge in [-0.2, -0.15) is 0 Å². The fourth-order valence-electron chi connectivity index (χ4n) is 1.59. The van der Waals surface area contributed by atoms with Crippen LogP contribution in [0.25, 0.3) is 0 Å². The van der Waals surface area contributed by atoms with E-state index in [4.69, 9.17) is 4.52 Å². The van der Waals surface area contributed by atoms with Gasteiger partial charge < -0.3 is 15.2 Å². The molecular weight excluding hydrogens is 319 g/mol. The molecule has 1 aromatic heterocycles. The van der Waals surface area contributed by atoms with Crippen molar-refractivity contribution < 1.29 is 4.52 Å². The highest BCUT2D eigenvalue weighted by Gasteiger charge is 2.14. The fourth-order valence-corrected chi connectivity index (χ4v) is 1.59. The van der Waals surface area contributed by atoms with Crippen molar-refractivity contribution in [3.63, 3.8) is 0 Å². The molecule has 0 fully saturated rings. The smallest absolute Gasteiger partial charge is 0.191 e. The van der Waals surface area contributed by atoms with Crippen LogP contribution in [0, 0.1) is 13.8 Å². The maximum atomic E-state index is 5.08. The van der Waals surface area contributed by atoms with Gasteiger partial charge >= 0.3 is 0 Å². The quantitative estimate of drug-likeness (QED) is 0.801. The predicted molar refractivity (Wildman–Crippen MR) is 73.1 cm³/mol. The molecule has 0 aromatic carbocycles. The third kappa shape index (κ3) is 2.87. The number of nitrogens with zero attached hydrogens (tertiary/aromatic N) is 2. The summed E-state index contributed by atoms with van der Waals surface area (Å²) in [6.45, 7) is 7.52. The molecule has 0 amide bonds. The molecule has 1 unspecified atom stereocenters. The Labute approximate surface area is 112 Å². The first-order valence-electron chi connectivity index (χ1n) is 5.13. The van der Waals surface area contributed by atoms with Crippen molar-refractivity contribution >= 4 is 29.9 Å². The van der Waals surface area contributed by atoms with Crippen LogP contribution in [-0.4, -0.2) is 23.7 Å². The second-order valence-corrected chi connectivity index (χ2v) is 3.89. The number of aryl methyl sites for hydroxylation is 2. The van der Waals surface area contributed by atoms with E-state index in [0.29, 0.717) is 12.6 Å². The normalized spacial score (nSPS) is 18.7. The minimum atomic E-state index is 0. The summed E-state index contributed by atoms with van der Waals surface area (Å²) in [6, 6.07) is 0.428. The summed E-state index contributed by atoms with van der Waals surface area (Å²) in [7, 11) is 0. The van der Waals surface area contributed by atoms with Crippen molar-refractivity contribution in [2.75, 3.05) is 6.54 Å². The zero-order valence-electron chi connectivity index (χ0n) is 9.70. The van der Waals surface area contributed by atoms with Crippen LogP contribution in [-0.2, 0) is 6.54 Å². The molecule has 1 aliphatic rings. The molecule has 0 saturated carbocycles. The van der Waals surface area contributed by atoms with Crippen molar-refractivity contribution in [2.45, 2.75) is 33.4 Å². The van der Waals surface area contributed by atoms with Gasteiger partial charge in [-0.3, -0.25) is 4.99 Å². The Morgan fingerprint density at radius 3 is 2.75 bits per heavy atom. The molecule has 2 heterocycles. The van der Waals surface area contributed by atoms with E-state index in [0.717, 1.165) is 29.5 Å². The van der Waals surface area contributed by atoms with E-state index in [1.807, 2.05) is 13.8 Å². The lowest BCUT2D eigenvalue weighted by Gasteiger charge is -2.08. The Balaban J connectivity index is 0.00000128. The Morgan fingerprint density at radius 1 is 1.50 bits per heavy atom. The Kier molecular flexibility index (Phi) is 4.57. The second-order valence-electron chi connectivity index (χ2n) is 3.89. The van der Waals surface area contributed by atoms with Gasteiger partial charge in [-0.05, 0) is 20.8 Å². The summed E-state index contributed by atoms with van der Waals surface area (Å²) >= 11 is 0. The molecule has 1 aliphatic heterocycles. The molecule has 2 N–H and O–H groups in total. The van der Waals surface area contributed by atoms with Gasteiger partial charge in [0.1, 0.15) is 5.76 Å². The summed E-state index contributed by atoms with van der Waals surface area (Å²) < 4.78 is 5.08. The topological polar surface area (TPSA) is 62.5 Å². The van der Waals surface area contributed by atoms with Crippen molar-refractivity contribution in [2.24, 2.45) is 4.99 Å². The molecule has 0 radical (unpaired) electrons. The molecular formula is C10H17IN4O. The van der Waals surface area contributed by atoms with Gasteiger partial charge in [0.2, 0.25) is 0 Å². The van der Waals surface area contributed by atoms with Gasteiger partial charge in [0.15, 0.2) is 5.96 Å². The average molecular weight is 336 g/mol. The summed E-state index contributed by atoms with van der Waals surface area (Å²) in [5.74, 6) is 1.73. The number of rotatable bonds is 2. The van der Waals surface area contributed by atoms with Crippen LogP contribution in [0.15, 0.2) is 9.52 Å². The number of aromatic nitrogens is 1. The van der Waals surface area contributed by atoms with Gasteiger partial charge in [0, 0.05) is 18.2 Å². The lowest BCUT2D eigenvalue weighted by Crippen LogP contribution is -2.37. The zero-order valence-corrected chi connectivity index (χ0v) is 12.0. The van der Waals surface area contributed by atoms with Crippen LogP contribution in [0.4, 0.5) is 0 Å². The van der Waals surface area contributed by atoms with E-state index < -0.39 is 0 Å². The number of guanidine groups is 1. The summed E-state index contributed by atoms with van der Waals surface area (Å²) in [6.07, 6.45) is 0. The van der Waals surface area contributed by atoms with Crippen LogP contribution in [0.1, 0.15) is 23.9 Å². The van der Waals surface area contributed by atoms with Gasteiger partial charge in [0.25, 0.3) is 0 Å². The second kappa shape index (κ2) is 5.51. The molecule has 0 saturated heterocycles. The van der Waals surface area contributed by atoms with Crippen LogP contribution in [0.3, 0.4) is 0 Å². The van der Waals surface area contributed by atoms with Crippen LogP contribution in [0.2, 0.25) is 0 Å². The van der Waals surface area contributed by atoms with E-state index in [9.17, 15) is 0 Å². The highest BCUT2D eigenvalue weighted by molar-refractivity contribution is 14.0. The van der Waals surface area contributed by atoms with Crippen molar-refractivity contribution in [1.29, 1.82) is 0 Å². The number of nitrogens with one attached hydrogen (secondary N) is 2. The summed E-state index contributed by atoms with van der Waals surface area (Å²) in [4.78, 5) is 4.32. The van der Waals surface area contributed by atoms with E-state index in [1.165, 1.54) is 0 Å². The highest BCUT2D eigenvalue weighted by Crippen LogP contribution is 2.11. The van der Waals surface area contributed by atoms with E-state index in [-0.39, 0.29) is 24.0 Å². The third-order valence-electron chi connectivity index (χ3n) is 2.52. The molecule has 0 spiro atoms. The lowest BCUT2D eigenvalue weighted by atomic mass is 10.2. The van der Waals surface area contributed by atoms with Gasteiger partial charge in [0.05, 0.1) is 12.2 Å². The molecule has 5 nitrogen and oxygen atoms in total. The van der Waals surface area contributed by atoms with Gasteiger partial charge in [-0.15, -0.1) is 24.0 Å². The summed E-state index contributed by atoms with van der Waals surface area (Å²) in [5.41, 5.74) is 2.05. The Hall–Kier alpha value is -0.790. The molecule has 0 aliphatic carbocycles. The van der Waals surface area contributed by atoms with Crippen molar-refractivity contribution in [3.8, 4) is 0 Å². The number of aliphatic imine (C=N–C) groups is 1. The number of hydrogen-bond donors (Lipinski definition) is 2. The molecule has 2 rings (SSSR count). The Bertz CT molecular complexity index is 369. The maximum Gasteiger partial charge on any atom is 0.191 e. The van der Waals surface area contributed by atoms with Crippen molar-refractivity contribution in [3.05, 3.63) is 17.0 Å². The lowest BCUT2D eigenvalue weighted by molar-refractivity contribution is 0.392. The number of halogens is 1. The largest absolute Gasteiger partial charge is 0.361 e. The fraction of sp³-hybridized carbons (Fsp3) is 0.600. The highest BCUT2D eigenvalue weighted by atomic mass is 127. The first-order chi connectivity index (χ1) is 7.16. The predicted octanol–water partition coefficient (Wildman–Crippen LogP) is 1.35. The van der Waals surface area contributed by atoms with Crippen molar-refractivity contribution in [1.82, 2.24) is 15.8 Å². The minimum absolute atomic E-state index is 0. The number of hydrogen-bond acceptors (Lipinski definition) is 5. The maximum absolute atomic E-state index is 5.08. The van der Waals surface area contributed by atoms with Gasteiger partial charge in [-0.1, -0.05) is 5.16 Å². The summed E-state index contributed by atoms with van der Waals surface area (Å²) in [5, 5.41) is 10.4. The Morgan fingerprint density at radius 2 is 2.25 bits per heavy atom. The first kappa shape index (κ1) is 13.3. The van der Waals surface area contributed by atoms with E-state index in [1.54, 1.807) is 0 Å². The SMILES string of the molecule is Cc1noc(C)c1CNC1=NCC(C)N1.I. The molecule has 16 heavy (non-hydrogen) atoms. The average Bonchev–Trinajstić information content (AvgIpc) is 2.73. The van der Waals surface area contributed by atoms with Crippen LogP contribution in [0.5, 0.6) is 0 Å². The molecule has 1 atom stereocenters.